The second-order valence-electron chi connectivity index (χ2n) is 4.07. The summed E-state index contributed by atoms with van der Waals surface area (Å²) in [7, 11) is 0. The van der Waals surface area contributed by atoms with Gasteiger partial charge in [0.15, 0.2) is 5.44 Å². The first-order valence-corrected chi connectivity index (χ1v) is 6.13. The molecule has 0 aliphatic heterocycles. The van der Waals surface area contributed by atoms with Gasteiger partial charge in [-0.1, -0.05) is 20.8 Å². The standard InChI is InChI=1S/C11H20O4S/c1-6-11(4,5)16-10(15-9(3)13)7-14-8(2)12/h10H,6-7H2,1-5H3. The Kier molecular flexibility index (Phi) is 6.48. The maximum Gasteiger partial charge on any atom is 0.303 e. The fourth-order valence-electron chi connectivity index (χ4n) is 0.902. The molecule has 0 bridgehead atoms. The number of rotatable bonds is 6. The van der Waals surface area contributed by atoms with Gasteiger partial charge in [0, 0.05) is 18.6 Å². The van der Waals surface area contributed by atoms with Crippen LogP contribution in [0, 0.1) is 0 Å². The summed E-state index contributed by atoms with van der Waals surface area (Å²) in [5.74, 6) is -0.733. The third kappa shape index (κ3) is 7.56. The van der Waals surface area contributed by atoms with Crippen molar-refractivity contribution in [1.29, 1.82) is 0 Å². The van der Waals surface area contributed by atoms with Gasteiger partial charge in [0.25, 0.3) is 0 Å². The molecule has 16 heavy (non-hydrogen) atoms. The van der Waals surface area contributed by atoms with Crippen molar-refractivity contribution in [1.82, 2.24) is 0 Å². The molecule has 0 aromatic rings. The summed E-state index contributed by atoms with van der Waals surface area (Å²) in [5.41, 5.74) is -0.434. The van der Waals surface area contributed by atoms with Crippen molar-refractivity contribution in [3.8, 4) is 0 Å². The van der Waals surface area contributed by atoms with E-state index in [1.807, 2.05) is 0 Å². The predicted molar refractivity (Wildman–Crippen MR) is 64.1 cm³/mol. The summed E-state index contributed by atoms with van der Waals surface area (Å²) in [4.78, 5) is 21.6. The van der Waals surface area contributed by atoms with Crippen molar-refractivity contribution in [3.63, 3.8) is 0 Å². The van der Waals surface area contributed by atoms with Crippen molar-refractivity contribution in [3.05, 3.63) is 0 Å². The van der Waals surface area contributed by atoms with Crippen LogP contribution in [0.15, 0.2) is 0 Å². The first-order valence-electron chi connectivity index (χ1n) is 5.25. The maximum absolute atomic E-state index is 10.9. The number of hydrogen-bond acceptors (Lipinski definition) is 5. The molecule has 0 fully saturated rings. The van der Waals surface area contributed by atoms with E-state index in [1.54, 1.807) is 0 Å². The number of thioether (sulfide) groups is 1. The molecule has 0 aliphatic rings. The lowest BCUT2D eigenvalue weighted by Gasteiger charge is -2.27. The summed E-state index contributed by atoms with van der Waals surface area (Å²) < 4.78 is 9.93. The predicted octanol–water partition coefficient (Wildman–Crippen LogP) is 2.36. The van der Waals surface area contributed by atoms with Gasteiger partial charge >= 0.3 is 11.9 Å². The first kappa shape index (κ1) is 15.3. The summed E-state index contributed by atoms with van der Waals surface area (Å²) in [6.07, 6.45) is 0.940. The Morgan fingerprint density at radius 2 is 1.81 bits per heavy atom. The monoisotopic (exact) mass is 248 g/mol. The Labute approximate surface area is 101 Å². The molecular weight excluding hydrogens is 228 g/mol. The third-order valence-electron chi connectivity index (χ3n) is 2.02. The number of carbonyl (C=O) groups excluding carboxylic acids is 2. The summed E-state index contributed by atoms with van der Waals surface area (Å²) in [5, 5.41) is 0. The molecule has 0 rings (SSSR count). The molecule has 0 saturated heterocycles. The largest absolute Gasteiger partial charge is 0.461 e. The molecule has 0 aromatic carbocycles. The van der Waals surface area contributed by atoms with Gasteiger partial charge in [0.05, 0.1) is 0 Å². The molecule has 0 radical (unpaired) electrons. The average Bonchev–Trinajstić information content (AvgIpc) is 2.13. The van der Waals surface area contributed by atoms with Crippen LogP contribution in [-0.2, 0) is 19.1 Å². The Morgan fingerprint density at radius 3 is 2.19 bits per heavy atom. The van der Waals surface area contributed by atoms with E-state index in [0.717, 1.165) is 6.42 Å². The Hall–Kier alpha value is -0.710. The van der Waals surface area contributed by atoms with Crippen molar-refractivity contribution in [2.45, 2.75) is 51.2 Å². The zero-order valence-corrected chi connectivity index (χ0v) is 11.3. The van der Waals surface area contributed by atoms with Crippen LogP contribution in [0.1, 0.15) is 41.0 Å². The molecule has 0 aliphatic carbocycles. The summed E-state index contributed by atoms with van der Waals surface area (Å²) in [6.45, 7) is 8.96. The lowest BCUT2D eigenvalue weighted by molar-refractivity contribution is -0.151. The SMILES string of the molecule is CCC(C)(C)SC(COC(C)=O)OC(C)=O. The van der Waals surface area contributed by atoms with Gasteiger partial charge in [0.1, 0.15) is 6.61 Å². The second kappa shape index (κ2) is 6.78. The van der Waals surface area contributed by atoms with E-state index < -0.39 is 5.44 Å². The number of hydrogen-bond donors (Lipinski definition) is 0. The van der Waals surface area contributed by atoms with Gasteiger partial charge < -0.3 is 9.47 Å². The zero-order chi connectivity index (χ0) is 12.8. The summed E-state index contributed by atoms with van der Waals surface area (Å²) in [6, 6.07) is 0. The van der Waals surface area contributed by atoms with Crippen LogP contribution >= 0.6 is 11.8 Å². The van der Waals surface area contributed by atoms with E-state index in [2.05, 4.69) is 20.8 Å². The van der Waals surface area contributed by atoms with Crippen molar-refractivity contribution in [2.24, 2.45) is 0 Å². The maximum atomic E-state index is 10.9. The van der Waals surface area contributed by atoms with Gasteiger partial charge in [-0.25, -0.2) is 0 Å². The van der Waals surface area contributed by atoms with Crippen LogP contribution in [0.25, 0.3) is 0 Å². The molecule has 0 saturated carbocycles. The lowest BCUT2D eigenvalue weighted by Crippen LogP contribution is -2.27. The van der Waals surface area contributed by atoms with Gasteiger partial charge in [-0.05, 0) is 6.42 Å². The smallest absolute Gasteiger partial charge is 0.303 e. The van der Waals surface area contributed by atoms with Crippen LogP contribution in [0.4, 0.5) is 0 Å². The van der Waals surface area contributed by atoms with E-state index >= 15 is 0 Å². The molecule has 0 aromatic heterocycles. The number of carbonyl (C=O) groups is 2. The molecule has 0 amide bonds. The van der Waals surface area contributed by atoms with E-state index in [-0.39, 0.29) is 23.3 Å². The van der Waals surface area contributed by atoms with Gasteiger partial charge in [0.2, 0.25) is 0 Å². The number of esters is 2. The number of ether oxygens (including phenoxy) is 2. The fraction of sp³-hybridized carbons (Fsp3) is 0.818. The molecule has 0 spiro atoms. The highest BCUT2D eigenvalue weighted by Crippen LogP contribution is 2.32. The van der Waals surface area contributed by atoms with Crippen LogP contribution in [0.5, 0.6) is 0 Å². The molecular formula is C11H20O4S. The zero-order valence-electron chi connectivity index (χ0n) is 10.5. The molecule has 0 N–H and O–H groups in total. The molecule has 94 valence electrons. The van der Waals surface area contributed by atoms with Crippen LogP contribution in [0.2, 0.25) is 0 Å². The minimum atomic E-state index is -0.434. The van der Waals surface area contributed by atoms with E-state index in [1.165, 1.54) is 25.6 Å². The molecule has 0 heterocycles. The minimum Gasteiger partial charge on any atom is -0.461 e. The molecule has 4 nitrogen and oxygen atoms in total. The van der Waals surface area contributed by atoms with Crippen molar-refractivity contribution < 1.29 is 19.1 Å². The topological polar surface area (TPSA) is 52.6 Å². The van der Waals surface area contributed by atoms with Gasteiger partial charge in [-0.3, -0.25) is 9.59 Å². The Morgan fingerprint density at radius 1 is 1.25 bits per heavy atom. The highest BCUT2D eigenvalue weighted by molar-refractivity contribution is 8.01. The highest BCUT2D eigenvalue weighted by atomic mass is 32.2. The van der Waals surface area contributed by atoms with Gasteiger partial charge in [-0.2, -0.15) is 0 Å². The Bertz CT molecular complexity index is 250. The average molecular weight is 248 g/mol. The van der Waals surface area contributed by atoms with E-state index in [0.29, 0.717) is 0 Å². The fourth-order valence-corrected chi connectivity index (χ4v) is 2.10. The molecule has 1 atom stereocenters. The van der Waals surface area contributed by atoms with Gasteiger partial charge in [-0.15, -0.1) is 11.8 Å². The Balaban J connectivity index is 4.30. The summed E-state index contributed by atoms with van der Waals surface area (Å²) >= 11 is 1.50. The molecule has 1 unspecified atom stereocenters. The highest BCUT2D eigenvalue weighted by Gasteiger charge is 2.25. The van der Waals surface area contributed by atoms with Crippen LogP contribution in [-0.4, -0.2) is 28.7 Å². The van der Waals surface area contributed by atoms with Crippen LogP contribution < -0.4 is 0 Å². The normalized spacial score (nSPS) is 13.1. The lowest BCUT2D eigenvalue weighted by atomic mass is 10.1. The second-order valence-corrected chi connectivity index (χ2v) is 5.94. The minimum absolute atomic E-state index is 0.0136. The molecule has 5 heteroatoms. The van der Waals surface area contributed by atoms with E-state index in [9.17, 15) is 9.59 Å². The van der Waals surface area contributed by atoms with Crippen LogP contribution in [0.3, 0.4) is 0 Å². The first-order chi connectivity index (χ1) is 7.26. The van der Waals surface area contributed by atoms with Crippen molar-refractivity contribution in [2.75, 3.05) is 6.61 Å². The quantitative estimate of drug-likeness (QED) is 0.533. The van der Waals surface area contributed by atoms with E-state index in [4.69, 9.17) is 9.47 Å². The van der Waals surface area contributed by atoms with Crippen molar-refractivity contribution >= 4 is 23.7 Å². The third-order valence-corrected chi connectivity index (χ3v) is 3.44.